The third-order valence-corrected chi connectivity index (χ3v) is 3.53. The van der Waals surface area contributed by atoms with Gasteiger partial charge in [0, 0.05) is 4.47 Å². The topological polar surface area (TPSA) is 68.3 Å². The number of hydrogen-bond acceptors (Lipinski definition) is 3. The van der Waals surface area contributed by atoms with Gasteiger partial charge in [-0.05, 0) is 30.7 Å². The normalized spacial score (nSPS) is 12.2. The first kappa shape index (κ1) is 13.8. The summed E-state index contributed by atoms with van der Waals surface area (Å²) in [6.45, 7) is 2.21. The van der Waals surface area contributed by atoms with E-state index in [1.165, 1.54) is 0 Å². The van der Waals surface area contributed by atoms with Crippen molar-refractivity contribution >= 4 is 21.8 Å². The maximum Gasteiger partial charge on any atom is 0.287 e. The number of furan rings is 1. The molecule has 1 heterocycles. The lowest BCUT2D eigenvalue weighted by Crippen LogP contribution is -2.26. The Balaban J connectivity index is 2.08. The number of amides is 1. The Morgan fingerprint density at radius 2 is 2.11 bits per heavy atom. The first-order valence-electron chi connectivity index (χ1n) is 5.96. The lowest BCUT2D eigenvalue weighted by atomic mass is 10.1. The zero-order chi connectivity index (χ0) is 13.8. The van der Waals surface area contributed by atoms with Crippen LogP contribution in [-0.4, -0.2) is 5.91 Å². The number of rotatable bonds is 4. The van der Waals surface area contributed by atoms with Gasteiger partial charge in [0.2, 0.25) is 0 Å². The molecule has 2 aromatic rings. The van der Waals surface area contributed by atoms with Crippen LogP contribution in [0.4, 0.5) is 0 Å². The summed E-state index contributed by atoms with van der Waals surface area (Å²) in [4.78, 5) is 12.0. The van der Waals surface area contributed by atoms with E-state index < -0.39 is 0 Å². The van der Waals surface area contributed by atoms with Crippen molar-refractivity contribution < 1.29 is 9.21 Å². The van der Waals surface area contributed by atoms with E-state index in [0.29, 0.717) is 5.76 Å². The van der Waals surface area contributed by atoms with E-state index >= 15 is 0 Å². The van der Waals surface area contributed by atoms with Crippen LogP contribution in [0.5, 0.6) is 0 Å². The number of carbonyl (C=O) groups is 1. The molecular weight excluding hydrogens is 308 g/mol. The molecule has 1 amide bonds. The van der Waals surface area contributed by atoms with Gasteiger partial charge >= 0.3 is 0 Å². The maximum atomic E-state index is 12.0. The number of nitrogens with one attached hydrogen (secondary N) is 1. The van der Waals surface area contributed by atoms with Gasteiger partial charge in [-0.3, -0.25) is 4.79 Å². The fraction of sp³-hybridized carbons (Fsp3) is 0.214. The third-order valence-electron chi connectivity index (χ3n) is 2.81. The van der Waals surface area contributed by atoms with Crippen LogP contribution >= 0.6 is 15.9 Å². The van der Waals surface area contributed by atoms with Crippen molar-refractivity contribution in [2.75, 3.05) is 0 Å². The molecule has 1 aromatic carbocycles. The Hall–Kier alpha value is -1.59. The van der Waals surface area contributed by atoms with Gasteiger partial charge in [-0.15, -0.1) is 0 Å². The van der Waals surface area contributed by atoms with Crippen LogP contribution in [0.15, 0.2) is 45.3 Å². The molecule has 0 bridgehead atoms. The molecule has 19 heavy (non-hydrogen) atoms. The second-order valence-corrected chi connectivity index (χ2v) is 5.04. The fourth-order valence-corrected chi connectivity index (χ4v) is 2.41. The summed E-state index contributed by atoms with van der Waals surface area (Å²) in [5, 5.41) is 2.89. The summed E-state index contributed by atoms with van der Waals surface area (Å²) in [7, 11) is 0. The van der Waals surface area contributed by atoms with E-state index in [-0.39, 0.29) is 24.3 Å². The Morgan fingerprint density at radius 3 is 2.74 bits per heavy atom. The molecule has 2 rings (SSSR count). The lowest BCUT2D eigenvalue weighted by Gasteiger charge is -2.14. The third kappa shape index (κ3) is 3.24. The summed E-state index contributed by atoms with van der Waals surface area (Å²) in [5.74, 6) is 0.626. The Kier molecular flexibility index (Phi) is 4.39. The smallest absolute Gasteiger partial charge is 0.287 e. The number of carbonyl (C=O) groups excluding carboxylic acids is 1. The molecule has 0 saturated carbocycles. The highest BCUT2D eigenvalue weighted by Gasteiger charge is 2.15. The van der Waals surface area contributed by atoms with Crippen LogP contribution in [-0.2, 0) is 6.54 Å². The van der Waals surface area contributed by atoms with E-state index in [4.69, 9.17) is 10.2 Å². The van der Waals surface area contributed by atoms with Crippen LogP contribution in [0.2, 0.25) is 0 Å². The highest BCUT2D eigenvalue weighted by molar-refractivity contribution is 9.10. The van der Waals surface area contributed by atoms with Crippen LogP contribution in [0, 0.1) is 0 Å². The minimum absolute atomic E-state index is 0.116. The standard InChI is InChI=1S/C14H15BrN2O2/c1-9(11-4-2-3-5-12(11)15)17-14(18)13-7-6-10(8-16)19-13/h2-7,9H,8,16H2,1H3,(H,17,18). The van der Waals surface area contributed by atoms with Crippen molar-refractivity contribution in [1.82, 2.24) is 5.32 Å². The quantitative estimate of drug-likeness (QED) is 0.909. The highest BCUT2D eigenvalue weighted by Crippen LogP contribution is 2.23. The fourth-order valence-electron chi connectivity index (χ4n) is 1.78. The van der Waals surface area contributed by atoms with E-state index in [9.17, 15) is 4.79 Å². The van der Waals surface area contributed by atoms with Gasteiger partial charge in [0.05, 0.1) is 12.6 Å². The van der Waals surface area contributed by atoms with Crippen molar-refractivity contribution in [2.24, 2.45) is 5.73 Å². The highest BCUT2D eigenvalue weighted by atomic mass is 79.9. The van der Waals surface area contributed by atoms with Gasteiger partial charge in [-0.1, -0.05) is 34.1 Å². The minimum atomic E-state index is -0.247. The van der Waals surface area contributed by atoms with E-state index in [1.54, 1.807) is 12.1 Å². The Morgan fingerprint density at radius 1 is 1.37 bits per heavy atom. The number of benzene rings is 1. The molecule has 100 valence electrons. The van der Waals surface area contributed by atoms with Crippen molar-refractivity contribution in [1.29, 1.82) is 0 Å². The lowest BCUT2D eigenvalue weighted by molar-refractivity contribution is 0.0910. The van der Waals surface area contributed by atoms with Gasteiger partial charge in [0.25, 0.3) is 5.91 Å². The summed E-state index contributed by atoms with van der Waals surface area (Å²) < 4.78 is 6.28. The van der Waals surface area contributed by atoms with Crippen LogP contribution in [0.25, 0.3) is 0 Å². The predicted molar refractivity (Wildman–Crippen MR) is 76.6 cm³/mol. The van der Waals surface area contributed by atoms with Gasteiger partial charge in [0.15, 0.2) is 5.76 Å². The molecule has 0 radical (unpaired) electrons. The van der Waals surface area contributed by atoms with Gasteiger partial charge in [0.1, 0.15) is 5.76 Å². The number of hydrogen-bond donors (Lipinski definition) is 2. The van der Waals surface area contributed by atoms with Gasteiger partial charge < -0.3 is 15.5 Å². The van der Waals surface area contributed by atoms with Gasteiger partial charge in [-0.2, -0.15) is 0 Å². The van der Waals surface area contributed by atoms with Crippen LogP contribution in [0.3, 0.4) is 0 Å². The molecule has 0 saturated heterocycles. The van der Waals surface area contributed by atoms with Gasteiger partial charge in [-0.25, -0.2) is 0 Å². The van der Waals surface area contributed by atoms with Crippen molar-refractivity contribution in [3.63, 3.8) is 0 Å². The Labute approximate surface area is 120 Å². The molecule has 1 unspecified atom stereocenters. The maximum absolute atomic E-state index is 12.0. The monoisotopic (exact) mass is 322 g/mol. The molecule has 0 aliphatic heterocycles. The van der Waals surface area contributed by atoms with E-state index in [1.807, 2.05) is 31.2 Å². The van der Waals surface area contributed by atoms with Crippen LogP contribution < -0.4 is 11.1 Å². The zero-order valence-corrected chi connectivity index (χ0v) is 12.1. The average Bonchev–Trinajstić information content (AvgIpc) is 2.88. The molecule has 1 atom stereocenters. The molecular formula is C14H15BrN2O2. The predicted octanol–water partition coefficient (Wildman–Crippen LogP) is 2.99. The molecule has 0 fully saturated rings. The van der Waals surface area contributed by atoms with Crippen molar-refractivity contribution in [3.05, 3.63) is 58.0 Å². The minimum Gasteiger partial charge on any atom is -0.455 e. The molecule has 4 nitrogen and oxygen atoms in total. The van der Waals surface area contributed by atoms with Crippen molar-refractivity contribution in [3.8, 4) is 0 Å². The Bertz CT molecular complexity index is 580. The zero-order valence-electron chi connectivity index (χ0n) is 10.5. The summed E-state index contributed by atoms with van der Waals surface area (Å²) >= 11 is 3.47. The molecule has 0 spiro atoms. The second-order valence-electron chi connectivity index (χ2n) is 4.19. The number of nitrogens with two attached hydrogens (primary N) is 1. The van der Waals surface area contributed by atoms with Crippen LogP contribution in [0.1, 0.15) is 34.8 Å². The SMILES string of the molecule is CC(NC(=O)c1ccc(CN)o1)c1ccccc1Br. The molecule has 3 N–H and O–H groups in total. The number of halogens is 1. The summed E-state index contributed by atoms with van der Waals surface area (Å²) in [6, 6.07) is 11.0. The molecule has 5 heteroatoms. The average molecular weight is 323 g/mol. The first-order chi connectivity index (χ1) is 9.11. The molecule has 0 aliphatic rings. The second kappa shape index (κ2) is 6.04. The van der Waals surface area contributed by atoms with E-state index in [0.717, 1.165) is 10.0 Å². The molecule has 1 aromatic heterocycles. The van der Waals surface area contributed by atoms with E-state index in [2.05, 4.69) is 21.2 Å². The van der Waals surface area contributed by atoms with Crippen molar-refractivity contribution in [2.45, 2.75) is 19.5 Å². The molecule has 0 aliphatic carbocycles. The largest absolute Gasteiger partial charge is 0.455 e. The summed E-state index contributed by atoms with van der Waals surface area (Å²) in [5.41, 5.74) is 6.46. The summed E-state index contributed by atoms with van der Waals surface area (Å²) in [6.07, 6.45) is 0. The first-order valence-corrected chi connectivity index (χ1v) is 6.75.